The zero-order chi connectivity index (χ0) is 10.9. The van der Waals surface area contributed by atoms with Gasteiger partial charge >= 0.3 is 33.2 Å². The van der Waals surface area contributed by atoms with Gasteiger partial charge in [0.25, 0.3) is 0 Å². The van der Waals surface area contributed by atoms with Gasteiger partial charge in [0.1, 0.15) is 0 Å². The molecular formula is C10H13Cl2CoN2. The summed E-state index contributed by atoms with van der Waals surface area (Å²) in [5.41, 5.74) is 1.28. The molecule has 1 saturated heterocycles. The van der Waals surface area contributed by atoms with Crippen LogP contribution in [0.5, 0.6) is 0 Å². The largest absolute Gasteiger partial charge is 0.656 e. The third-order valence-electron chi connectivity index (χ3n) is 2.30. The minimum absolute atomic E-state index is 0.382. The van der Waals surface area contributed by atoms with Gasteiger partial charge in [-0.05, 0) is 11.6 Å². The molecule has 5 heteroatoms. The molecule has 0 radical (unpaired) electrons. The van der Waals surface area contributed by atoms with Gasteiger partial charge in [-0.2, -0.15) is 0 Å². The third kappa shape index (κ3) is 5.18. The van der Waals surface area contributed by atoms with E-state index in [0.29, 0.717) is 18.9 Å². The molecule has 2 nitrogen and oxygen atoms in total. The summed E-state index contributed by atoms with van der Waals surface area (Å²) < 4.78 is 0. The van der Waals surface area contributed by atoms with E-state index in [9.17, 15) is 0 Å². The van der Waals surface area contributed by atoms with E-state index in [0.717, 1.165) is 6.54 Å². The number of hydrogen-bond acceptors (Lipinski definition) is 1. The van der Waals surface area contributed by atoms with Crippen LogP contribution < -0.4 is 0 Å². The second kappa shape index (κ2) is 8.36. The second-order valence-electron chi connectivity index (χ2n) is 3.25. The van der Waals surface area contributed by atoms with Crippen LogP contribution in [0.3, 0.4) is 0 Å². The Morgan fingerprint density at radius 1 is 1.40 bits per heavy atom. The summed E-state index contributed by atoms with van der Waals surface area (Å²) in [4.78, 5) is 4.10. The monoisotopic (exact) mass is 290 g/mol. The minimum atomic E-state index is 0.382. The van der Waals surface area contributed by atoms with Crippen LogP contribution in [0.4, 0.5) is 0 Å². The first-order chi connectivity index (χ1) is 7.38. The van der Waals surface area contributed by atoms with Crippen molar-refractivity contribution in [1.29, 1.82) is 0 Å². The molecule has 1 aliphatic heterocycles. The third-order valence-corrected chi connectivity index (χ3v) is 2.30. The molecule has 1 atom stereocenters. The molecule has 15 heavy (non-hydrogen) atoms. The Labute approximate surface area is 105 Å². The van der Waals surface area contributed by atoms with Crippen molar-refractivity contribution in [2.45, 2.75) is 25.3 Å². The fraction of sp³-hybridized carbons (Fsp3) is 0.500. The topological polar surface area (TPSA) is 27.0 Å². The molecule has 2 rings (SSSR count). The van der Waals surface area contributed by atoms with Gasteiger partial charge in [0.15, 0.2) is 0 Å². The molecule has 1 aliphatic rings. The molecule has 0 spiro atoms. The number of halogens is 2. The number of aromatic nitrogens is 1. The molecule has 0 amide bonds. The van der Waals surface area contributed by atoms with Gasteiger partial charge in [0.2, 0.25) is 0 Å². The Balaban J connectivity index is 0.000000337. The van der Waals surface area contributed by atoms with Crippen LogP contribution in [-0.2, 0) is 12.9 Å². The SMILES string of the molecule is [Cl][Co+][Cl].c1cncc(C2CCCC[N-]2)c1. The van der Waals surface area contributed by atoms with Gasteiger partial charge in [0, 0.05) is 12.4 Å². The molecule has 0 N–H and O–H groups in total. The summed E-state index contributed by atoms with van der Waals surface area (Å²) in [6, 6.07) is 4.53. The van der Waals surface area contributed by atoms with Crippen LogP contribution in [0.1, 0.15) is 30.9 Å². The van der Waals surface area contributed by atoms with Crippen LogP contribution in [0.15, 0.2) is 24.5 Å². The van der Waals surface area contributed by atoms with Gasteiger partial charge in [0.05, 0.1) is 0 Å². The van der Waals surface area contributed by atoms with Crippen molar-refractivity contribution >= 4 is 20.3 Å². The maximum absolute atomic E-state index is 4.73. The predicted octanol–water partition coefficient (Wildman–Crippen LogP) is 4.06. The van der Waals surface area contributed by atoms with Crippen LogP contribution in [0.25, 0.3) is 5.32 Å². The zero-order valence-corrected chi connectivity index (χ0v) is 10.8. The summed E-state index contributed by atoms with van der Waals surface area (Å²) in [6.07, 6.45) is 7.51. The van der Waals surface area contributed by atoms with Crippen molar-refractivity contribution in [3.63, 3.8) is 0 Å². The van der Waals surface area contributed by atoms with Crippen molar-refractivity contribution in [2.75, 3.05) is 6.54 Å². The standard InChI is InChI=1S/C10H13N2.2ClH.Co/c1-2-7-12-10(5-1)9-4-3-6-11-8-9;;;/h3-4,6,8,10H,1-2,5,7H2;2*1H;/q-1;;;+3/p-2. The van der Waals surface area contributed by atoms with Crippen molar-refractivity contribution in [3.05, 3.63) is 35.4 Å². The fourth-order valence-corrected chi connectivity index (χ4v) is 1.63. The maximum atomic E-state index is 4.73. The Morgan fingerprint density at radius 2 is 2.20 bits per heavy atom. The number of hydrogen-bond donors (Lipinski definition) is 0. The van der Waals surface area contributed by atoms with Gasteiger partial charge in [-0.3, -0.25) is 4.98 Å². The molecule has 1 aromatic rings. The van der Waals surface area contributed by atoms with Gasteiger partial charge in [-0.15, -0.1) is 12.6 Å². The molecule has 1 aromatic heterocycles. The average Bonchev–Trinajstić information content (AvgIpc) is 2.32. The Morgan fingerprint density at radius 3 is 2.73 bits per heavy atom. The second-order valence-corrected chi connectivity index (χ2v) is 4.97. The summed E-state index contributed by atoms with van der Waals surface area (Å²) in [6.45, 7) is 1.03. The number of pyridine rings is 1. The quantitative estimate of drug-likeness (QED) is 0.766. The molecule has 1 unspecified atom stereocenters. The molecule has 0 saturated carbocycles. The average molecular weight is 291 g/mol. The van der Waals surface area contributed by atoms with Crippen LogP contribution in [-0.4, -0.2) is 11.5 Å². The molecule has 0 bridgehead atoms. The van der Waals surface area contributed by atoms with Gasteiger partial charge < -0.3 is 5.32 Å². The summed E-state index contributed by atoms with van der Waals surface area (Å²) in [7, 11) is 9.47. The van der Waals surface area contributed by atoms with E-state index in [2.05, 4.69) is 16.4 Å². The summed E-state index contributed by atoms with van der Waals surface area (Å²) >= 11 is 0.382. The number of nitrogens with zero attached hydrogens (tertiary/aromatic N) is 2. The first-order valence-corrected chi connectivity index (χ1v) is 7.65. The Kier molecular flexibility index (Phi) is 7.39. The Bertz CT molecular complexity index is 253. The van der Waals surface area contributed by atoms with E-state index in [-0.39, 0.29) is 0 Å². The molecule has 0 aromatic carbocycles. The summed E-state index contributed by atoms with van der Waals surface area (Å²) in [5.74, 6) is 0. The van der Waals surface area contributed by atoms with E-state index in [4.69, 9.17) is 20.3 Å². The van der Waals surface area contributed by atoms with E-state index < -0.39 is 0 Å². The molecule has 1 fully saturated rings. The van der Waals surface area contributed by atoms with E-state index in [1.54, 1.807) is 0 Å². The van der Waals surface area contributed by atoms with Crippen molar-refractivity contribution in [1.82, 2.24) is 4.98 Å². The first-order valence-electron chi connectivity index (χ1n) is 4.78. The molecule has 2 heterocycles. The summed E-state index contributed by atoms with van der Waals surface area (Å²) in [5, 5.41) is 4.56. The molecule has 0 aliphatic carbocycles. The first kappa shape index (κ1) is 13.3. The maximum Gasteiger partial charge on any atom is 0.0284 e. The van der Waals surface area contributed by atoms with Gasteiger partial charge in [-0.25, -0.2) is 0 Å². The number of piperidine rings is 1. The minimum Gasteiger partial charge on any atom is -0.656 e. The zero-order valence-electron chi connectivity index (χ0n) is 8.20. The van der Waals surface area contributed by atoms with Crippen LogP contribution in [0.2, 0.25) is 0 Å². The predicted molar refractivity (Wildman–Crippen MR) is 60.8 cm³/mol. The molecule has 86 valence electrons. The molecular weight excluding hydrogens is 278 g/mol. The smallest absolute Gasteiger partial charge is 0.0284 e. The number of rotatable bonds is 1. The Hall–Kier alpha value is 0.196. The van der Waals surface area contributed by atoms with E-state index in [1.807, 2.05) is 18.5 Å². The normalized spacial score (nSPS) is 20.5. The van der Waals surface area contributed by atoms with Crippen LogP contribution >= 0.6 is 20.3 Å². The van der Waals surface area contributed by atoms with E-state index >= 15 is 0 Å². The van der Waals surface area contributed by atoms with Gasteiger partial charge in [-0.1, -0.05) is 25.3 Å². The van der Waals surface area contributed by atoms with Crippen molar-refractivity contribution in [3.8, 4) is 0 Å². The van der Waals surface area contributed by atoms with Crippen molar-refractivity contribution < 1.29 is 12.9 Å². The van der Waals surface area contributed by atoms with Crippen molar-refractivity contribution in [2.24, 2.45) is 0 Å². The van der Waals surface area contributed by atoms with Crippen LogP contribution in [0, 0.1) is 0 Å². The van der Waals surface area contributed by atoms with E-state index in [1.165, 1.54) is 24.8 Å². The fourth-order valence-electron chi connectivity index (χ4n) is 1.63.